The second-order valence-electron chi connectivity index (χ2n) is 1.84. The van der Waals surface area contributed by atoms with Crippen LogP contribution in [-0.4, -0.2) is 9.97 Å². The van der Waals surface area contributed by atoms with E-state index in [0.29, 0.717) is 12.1 Å². The molecule has 0 bridgehead atoms. The number of nitrogens with zero attached hydrogens (tertiary/aromatic N) is 2. The van der Waals surface area contributed by atoms with Crippen molar-refractivity contribution in [2.24, 2.45) is 0 Å². The van der Waals surface area contributed by atoms with Gasteiger partial charge in [-0.05, 0) is 6.85 Å². The van der Waals surface area contributed by atoms with Crippen LogP contribution in [-0.2, 0) is 6.42 Å². The average molecular weight is 137 g/mol. The van der Waals surface area contributed by atoms with Crippen molar-refractivity contribution in [3.8, 4) is 0 Å². The summed E-state index contributed by atoms with van der Waals surface area (Å²) in [5.74, 6) is 0. The van der Waals surface area contributed by atoms with Gasteiger partial charge in [-0.3, -0.25) is 9.97 Å². The molecule has 2 heteroatoms. The molecule has 0 radical (unpaired) electrons. The van der Waals surface area contributed by atoms with E-state index < -0.39 is 6.85 Å². The predicted octanol–water partition coefficient (Wildman–Crippen LogP) is 1.51. The van der Waals surface area contributed by atoms with E-state index in [1.54, 1.807) is 6.08 Å². The first kappa shape index (κ1) is 3.86. The molecule has 0 aromatic carbocycles. The molecule has 1 aromatic rings. The predicted molar refractivity (Wildman–Crippen MR) is 40.7 cm³/mol. The number of hydrogen-bond acceptors (Lipinski definition) is 2. The third-order valence-electron chi connectivity index (χ3n) is 1.11. The monoisotopic (exact) mass is 137 g/mol. The summed E-state index contributed by atoms with van der Waals surface area (Å²) < 4.78 is 21.6. The van der Waals surface area contributed by atoms with Crippen molar-refractivity contribution in [2.75, 3.05) is 0 Å². The smallest absolute Gasteiger partial charge is 0.0653 e. The van der Waals surface area contributed by atoms with Crippen LogP contribution >= 0.6 is 0 Å². The van der Waals surface area contributed by atoms with E-state index in [0.717, 1.165) is 0 Å². The quantitative estimate of drug-likeness (QED) is 0.577. The fraction of sp³-hybridized carbons (Fsp3) is 0.250. The minimum atomic E-state index is -2.19. The van der Waals surface area contributed by atoms with Gasteiger partial charge < -0.3 is 0 Å². The highest BCUT2D eigenvalue weighted by atomic mass is 14.8. The zero-order valence-corrected chi connectivity index (χ0v) is 5.54. The SMILES string of the molecule is [2H]C([2H])([2H])c1nccnc1CC=C. The van der Waals surface area contributed by atoms with Crippen molar-refractivity contribution >= 4 is 0 Å². The van der Waals surface area contributed by atoms with Crippen LogP contribution in [0.2, 0.25) is 0 Å². The second-order valence-corrected chi connectivity index (χ2v) is 1.84. The maximum Gasteiger partial charge on any atom is 0.0653 e. The van der Waals surface area contributed by atoms with E-state index in [9.17, 15) is 0 Å². The summed E-state index contributed by atoms with van der Waals surface area (Å²) in [5.41, 5.74) is 0.535. The number of aryl methyl sites for hydroxylation is 1. The fourth-order valence-corrected chi connectivity index (χ4v) is 0.653. The third kappa shape index (κ3) is 1.41. The molecule has 10 heavy (non-hydrogen) atoms. The van der Waals surface area contributed by atoms with Crippen molar-refractivity contribution in [3.63, 3.8) is 0 Å². The van der Waals surface area contributed by atoms with Crippen LogP contribution in [0.15, 0.2) is 25.0 Å². The van der Waals surface area contributed by atoms with Crippen molar-refractivity contribution in [1.29, 1.82) is 0 Å². The van der Waals surface area contributed by atoms with E-state index in [4.69, 9.17) is 4.11 Å². The molecule has 0 aliphatic heterocycles. The number of allylic oxidation sites excluding steroid dienone is 1. The molecular formula is C8H10N2. The van der Waals surface area contributed by atoms with Gasteiger partial charge in [0.05, 0.1) is 11.4 Å². The van der Waals surface area contributed by atoms with Crippen molar-refractivity contribution in [1.82, 2.24) is 9.97 Å². The molecule has 52 valence electrons. The highest BCUT2D eigenvalue weighted by Crippen LogP contribution is 1.99. The Labute approximate surface area is 64.9 Å². The average Bonchev–Trinajstić information content (AvgIpc) is 2.04. The molecule has 2 nitrogen and oxygen atoms in total. The zero-order chi connectivity index (χ0) is 9.90. The van der Waals surface area contributed by atoms with Gasteiger partial charge in [-0.25, -0.2) is 0 Å². The van der Waals surface area contributed by atoms with Gasteiger partial charge in [0.1, 0.15) is 0 Å². The summed E-state index contributed by atoms with van der Waals surface area (Å²) in [6, 6.07) is 0. The Hall–Kier alpha value is -1.18. The number of hydrogen-bond donors (Lipinski definition) is 0. The number of aromatic nitrogens is 2. The van der Waals surface area contributed by atoms with E-state index in [-0.39, 0.29) is 5.69 Å². The van der Waals surface area contributed by atoms with Crippen LogP contribution in [0.25, 0.3) is 0 Å². The number of rotatable bonds is 2. The van der Waals surface area contributed by atoms with Crippen molar-refractivity contribution < 1.29 is 4.11 Å². The third-order valence-corrected chi connectivity index (χ3v) is 1.11. The molecule has 0 N–H and O–H groups in total. The minimum absolute atomic E-state index is 0.0647. The van der Waals surface area contributed by atoms with Gasteiger partial charge in [0, 0.05) is 22.9 Å². The summed E-state index contributed by atoms with van der Waals surface area (Å²) in [6.45, 7) is 1.34. The Morgan fingerprint density at radius 2 is 2.50 bits per heavy atom. The zero-order valence-electron chi connectivity index (χ0n) is 8.54. The molecule has 1 aromatic heterocycles. The first-order valence-corrected chi connectivity index (χ1v) is 2.97. The summed E-state index contributed by atoms with van der Waals surface area (Å²) in [6.07, 6.45) is 4.91. The minimum Gasteiger partial charge on any atom is -0.258 e. The fourth-order valence-electron chi connectivity index (χ4n) is 0.653. The molecule has 0 saturated heterocycles. The lowest BCUT2D eigenvalue weighted by atomic mass is 10.2. The molecule has 0 atom stereocenters. The summed E-state index contributed by atoms with van der Waals surface area (Å²) >= 11 is 0. The van der Waals surface area contributed by atoms with Crippen LogP contribution in [0, 0.1) is 6.85 Å². The molecular weight excluding hydrogens is 124 g/mol. The Morgan fingerprint density at radius 3 is 3.20 bits per heavy atom. The lowest BCUT2D eigenvalue weighted by Gasteiger charge is -1.97. The van der Waals surface area contributed by atoms with Gasteiger partial charge in [-0.2, -0.15) is 0 Å². The maximum absolute atomic E-state index is 7.19. The van der Waals surface area contributed by atoms with Crippen LogP contribution in [0.1, 0.15) is 15.5 Å². The lowest BCUT2D eigenvalue weighted by molar-refractivity contribution is 1.00. The molecule has 0 aliphatic carbocycles. The molecule has 0 aliphatic rings. The Kier molecular flexibility index (Phi) is 1.20. The van der Waals surface area contributed by atoms with Crippen LogP contribution < -0.4 is 0 Å². The van der Waals surface area contributed by atoms with Gasteiger partial charge in [-0.1, -0.05) is 6.08 Å². The second kappa shape index (κ2) is 3.11. The van der Waals surface area contributed by atoms with Gasteiger partial charge in [0.2, 0.25) is 0 Å². The largest absolute Gasteiger partial charge is 0.258 e. The summed E-state index contributed by atoms with van der Waals surface area (Å²) in [7, 11) is 0. The van der Waals surface area contributed by atoms with E-state index in [2.05, 4.69) is 16.5 Å². The molecule has 0 amide bonds. The van der Waals surface area contributed by atoms with E-state index in [1.165, 1.54) is 12.4 Å². The highest BCUT2D eigenvalue weighted by Gasteiger charge is 1.94. The molecule has 1 rings (SSSR count). The first-order valence-electron chi connectivity index (χ1n) is 4.47. The summed E-state index contributed by atoms with van der Waals surface area (Å²) in [5, 5.41) is 0. The Morgan fingerprint density at radius 1 is 1.70 bits per heavy atom. The summed E-state index contributed by atoms with van der Waals surface area (Å²) in [4.78, 5) is 7.74. The topological polar surface area (TPSA) is 25.8 Å². The molecule has 0 unspecified atom stereocenters. The van der Waals surface area contributed by atoms with Crippen LogP contribution in [0.3, 0.4) is 0 Å². The van der Waals surface area contributed by atoms with Gasteiger partial charge in [-0.15, -0.1) is 6.58 Å². The highest BCUT2D eigenvalue weighted by molar-refractivity contribution is 5.10. The molecule has 0 spiro atoms. The Balaban J connectivity index is 3.11. The molecule has 0 saturated carbocycles. The molecule has 1 heterocycles. The van der Waals surface area contributed by atoms with Crippen molar-refractivity contribution in [2.45, 2.75) is 13.3 Å². The van der Waals surface area contributed by atoms with E-state index >= 15 is 0 Å². The van der Waals surface area contributed by atoms with Gasteiger partial charge in [0.15, 0.2) is 0 Å². The van der Waals surface area contributed by atoms with Gasteiger partial charge in [0.25, 0.3) is 0 Å². The van der Waals surface area contributed by atoms with E-state index in [1.807, 2.05) is 0 Å². The van der Waals surface area contributed by atoms with Gasteiger partial charge >= 0.3 is 0 Å². The first-order chi connectivity index (χ1) is 6.05. The lowest BCUT2D eigenvalue weighted by Crippen LogP contribution is -1.93. The van der Waals surface area contributed by atoms with Crippen LogP contribution in [0.4, 0.5) is 0 Å². The van der Waals surface area contributed by atoms with Crippen molar-refractivity contribution in [3.05, 3.63) is 36.4 Å². The normalized spacial score (nSPS) is 15.0. The molecule has 0 fully saturated rings. The standard InChI is InChI=1S/C8H10N2/c1-3-4-8-7(2)9-5-6-10-8/h3,5-6H,1,4H2,2H3/i2D3. The Bertz CT molecular complexity index is 307. The maximum atomic E-state index is 7.19. The van der Waals surface area contributed by atoms with Crippen LogP contribution in [0.5, 0.6) is 0 Å².